The van der Waals surface area contributed by atoms with E-state index >= 15 is 0 Å². The lowest BCUT2D eigenvalue weighted by atomic mass is 10.1. The molecule has 9 nitrogen and oxygen atoms in total. The second kappa shape index (κ2) is 8.76. The van der Waals surface area contributed by atoms with Gasteiger partial charge in [0, 0.05) is 30.8 Å². The predicted octanol–water partition coefficient (Wildman–Crippen LogP) is 0.822. The van der Waals surface area contributed by atoms with Crippen LogP contribution in [0.4, 0.5) is 0 Å². The van der Waals surface area contributed by atoms with Gasteiger partial charge >= 0.3 is 0 Å². The molecule has 0 bridgehead atoms. The molecule has 0 atom stereocenters. The maximum atomic E-state index is 12.3. The first-order valence-electron chi connectivity index (χ1n) is 8.70. The van der Waals surface area contributed by atoms with E-state index in [0.717, 1.165) is 11.3 Å². The Morgan fingerprint density at radius 2 is 1.96 bits per heavy atom. The van der Waals surface area contributed by atoms with Crippen molar-refractivity contribution in [1.29, 1.82) is 0 Å². The molecule has 1 aromatic carbocycles. The molecule has 2 N–H and O–H groups in total. The van der Waals surface area contributed by atoms with Crippen LogP contribution in [0.2, 0.25) is 0 Å². The molecule has 9 heteroatoms. The van der Waals surface area contributed by atoms with Crippen LogP contribution < -0.4 is 21.2 Å². The molecular weight excluding hydrogens is 362 g/mol. The van der Waals surface area contributed by atoms with Gasteiger partial charge in [0.05, 0.1) is 18.6 Å². The molecule has 0 aliphatic rings. The molecular formula is C19H19N5O4. The quantitative estimate of drug-likeness (QED) is 0.625. The first-order valence-corrected chi connectivity index (χ1v) is 8.70. The third-order valence-corrected chi connectivity index (χ3v) is 3.89. The normalized spacial score (nSPS) is 10.5. The number of nitrogens with zero attached hydrogens (tertiary/aromatic N) is 3. The van der Waals surface area contributed by atoms with Gasteiger partial charge in [-0.05, 0) is 37.3 Å². The van der Waals surface area contributed by atoms with E-state index in [2.05, 4.69) is 20.5 Å². The highest BCUT2D eigenvalue weighted by molar-refractivity contribution is 5.91. The molecule has 3 rings (SSSR count). The molecule has 28 heavy (non-hydrogen) atoms. The minimum absolute atomic E-state index is 0.0934. The smallest absolute Gasteiger partial charge is 0.271 e. The van der Waals surface area contributed by atoms with Crippen molar-refractivity contribution < 1.29 is 9.53 Å². The number of aromatic amines is 1. The molecule has 2 heterocycles. The third-order valence-electron chi connectivity index (χ3n) is 3.89. The van der Waals surface area contributed by atoms with Gasteiger partial charge in [-0.1, -0.05) is 0 Å². The van der Waals surface area contributed by atoms with Crippen molar-refractivity contribution in [2.24, 2.45) is 0 Å². The zero-order chi connectivity index (χ0) is 19.9. The van der Waals surface area contributed by atoms with Crippen molar-refractivity contribution in [3.63, 3.8) is 0 Å². The van der Waals surface area contributed by atoms with Gasteiger partial charge < -0.3 is 10.1 Å². The number of ether oxygens (including phenoxy) is 1. The fraction of sp³-hybridized carbons (Fsp3) is 0.211. The molecule has 144 valence electrons. The second-order valence-electron chi connectivity index (χ2n) is 5.83. The molecule has 0 aliphatic heterocycles. The Labute approximate surface area is 160 Å². The van der Waals surface area contributed by atoms with Crippen LogP contribution in [-0.4, -0.2) is 38.8 Å². The summed E-state index contributed by atoms with van der Waals surface area (Å²) in [7, 11) is 0. The number of aromatic nitrogens is 4. The molecule has 0 spiro atoms. The van der Waals surface area contributed by atoms with Gasteiger partial charge in [-0.15, -0.1) is 0 Å². The zero-order valence-electron chi connectivity index (χ0n) is 15.2. The number of H-pyrrole nitrogens is 1. The van der Waals surface area contributed by atoms with Crippen LogP contribution in [0, 0.1) is 0 Å². The monoisotopic (exact) mass is 381 g/mol. The Kier molecular flexibility index (Phi) is 5.95. The van der Waals surface area contributed by atoms with Crippen LogP contribution in [0.3, 0.4) is 0 Å². The lowest BCUT2D eigenvalue weighted by Gasteiger charge is -2.08. The van der Waals surface area contributed by atoms with Crippen LogP contribution >= 0.6 is 0 Å². The average molecular weight is 381 g/mol. The molecule has 1 amide bonds. The average Bonchev–Trinajstić information content (AvgIpc) is 2.70. The highest BCUT2D eigenvalue weighted by atomic mass is 16.5. The van der Waals surface area contributed by atoms with Gasteiger partial charge in [0.15, 0.2) is 0 Å². The molecule has 0 unspecified atom stereocenters. The summed E-state index contributed by atoms with van der Waals surface area (Å²) in [6.45, 7) is 2.96. The summed E-state index contributed by atoms with van der Waals surface area (Å²) in [4.78, 5) is 39.5. The number of hydrogen-bond donors (Lipinski definition) is 2. The highest BCUT2D eigenvalue weighted by Gasteiger charge is 2.08. The third kappa shape index (κ3) is 4.70. The van der Waals surface area contributed by atoms with Gasteiger partial charge in [0.1, 0.15) is 11.4 Å². The van der Waals surface area contributed by atoms with Gasteiger partial charge in [0.25, 0.3) is 17.0 Å². The molecule has 0 saturated heterocycles. The van der Waals surface area contributed by atoms with Crippen molar-refractivity contribution in [3.8, 4) is 17.0 Å². The minimum Gasteiger partial charge on any atom is -0.494 e. The Bertz CT molecular complexity index is 1050. The maximum Gasteiger partial charge on any atom is 0.271 e. The van der Waals surface area contributed by atoms with E-state index in [9.17, 15) is 14.4 Å². The zero-order valence-corrected chi connectivity index (χ0v) is 15.2. The lowest BCUT2D eigenvalue weighted by molar-refractivity contribution is 0.0946. The standard InChI is InChI=1S/C19H19N5O4/c1-2-28-14-5-3-13(4-6-14)16-11-18(26)24(12-21-16)10-9-20-19(27)15-7-8-17(25)23-22-15/h3-8,11-12H,2,9-10H2,1H3,(H,20,27)(H,23,25). The molecule has 0 fully saturated rings. The van der Waals surface area contributed by atoms with E-state index < -0.39 is 5.91 Å². The van der Waals surface area contributed by atoms with E-state index in [4.69, 9.17) is 4.74 Å². The molecule has 0 radical (unpaired) electrons. The molecule has 0 aliphatic carbocycles. The van der Waals surface area contributed by atoms with Crippen LogP contribution in [0.25, 0.3) is 11.3 Å². The van der Waals surface area contributed by atoms with E-state index in [-0.39, 0.29) is 29.9 Å². The summed E-state index contributed by atoms with van der Waals surface area (Å²) in [6.07, 6.45) is 1.44. The van der Waals surface area contributed by atoms with Crippen LogP contribution in [0.5, 0.6) is 5.75 Å². The first-order chi connectivity index (χ1) is 13.6. The Hall–Kier alpha value is -3.75. The van der Waals surface area contributed by atoms with Crippen molar-refractivity contribution in [2.45, 2.75) is 13.5 Å². The summed E-state index contributed by atoms with van der Waals surface area (Å²) < 4.78 is 6.80. The lowest BCUT2D eigenvalue weighted by Crippen LogP contribution is -2.31. The van der Waals surface area contributed by atoms with Gasteiger partial charge in [-0.2, -0.15) is 5.10 Å². The number of nitrogens with one attached hydrogen (secondary N) is 2. The van der Waals surface area contributed by atoms with E-state index in [1.54, 1.807) is 0 Å². The molecule has 3 aromatic rings. The number of carbonyl (C=O) groups is 1. The van der Waals surface area contributed by atoms with Crippen LogP contribution in [0.15, 0.2) is 58.4 Å². The number of amides is 1. The van der Waals surface area contributed by atoms with Crippen molar-refractivity contribution >= 4 is 5.91 Å². The predicted molar refractivity (Wildman–Crippen MR) is 102 cm³/mol. The Morgan fingerprint density at radius 3 is 2.61 bits per heavy atom. The Balaban J connectivity index is 1.61. The topological polar surface area (TPSA) is 119 Å². The van der Waals surface area contributed by atoms with Crippen molar-refractivity contribution in [3.05, 3.63) is 75.2 Å². The molecule has 2 aromatic heterocycles. The van der Waals surface area contributed by atoms with Crippen LogP contribution in [-0.2, 0) is 6.54 Å². The summed E-state index contributed by atoms with van der Waals surface area (Å²) in [5, 5.41) is 8.47. The van der Waals surface area contributed by atoms with Gasteiger partial charge in [0.2, 0.25) is 0 Å². The summed E-state index contributed by atoms with van der Waals surface area (Å²) in [6, 6.07) is 11.3. The summed E-state index contributed by atoms with van der Waals surface area (Å²) in [5.41, 5.74) is 0.851. The van der Waals surface area contributed by atoms with E-state index in [1.165, 1.54) is 29.1 Å². The van der Waals surface area contributed by atoms with Crippen LogP contribution in [0.1, 0.15) is 17.4 Å². The molecule has 0 saturated carbocycles. The number of rotatable bonds is 7. The fourth-order valence-electron chi connectivity index (χ4n) is 2.49. The summed E-state index contributed by atoms with van der Waals surface area (Å²) in [5.74, 6) is 0.315. The van der Waals surface area contributed by atoms with Crippen molar-refractivity contribution in [2.75, 3.05) is 13.2 Å². The number of hydrogen-bond acceptors (Lipinski definition) is 6. The minimum atomic E-state index is -0.441. The highest BCUT2D eigenvalue weighted by Crippen LogP contribution is 2.19. The first kappa shape index (κ1) is 19.0. The number of carbonyl (C=O) groups excluding carboxylic acids is 1. The van der Waals surface area contributed by atoms with Gasteiger partial charge in [-0.3, -0.25) is 19.0 Å². The fourth-order valence-corrected chi connectivity index (χ4v) is 2.49. The maximum absolute atomic E-state index is 12.3. The van der Waals surface area contributed by atoms with Gasteiger partial charge in [-0.25, -0.2) is 10.1 Å². The largest absolute Gasteiger partial charge is 0.494 e. The summed E-state index contributed by atoms with van der Waals surface area (Å²) >= 11 is 0. The van der Waals surface area contributed by atoms with Crippen molar-refractivity contribution in [1.82, 2.24) is 25.1 Å². The SMILES string of the molecule is CCOc1ccc(-c2cc(=O)n(CCNC(=O)c3ccc(=O)[nH]n3)cn2)cc1. The van der Waals surface area contributed by atoms with E-state index in [0.29, 0.717) is 12.3 Å². The van der Waals surface area contributed by atoms with E-state index in [1.807, 2.05) is 31.2 Å². The second-order valence-corrected chi connectivity index (χ2v) is 5.83. The number of benzene rings is 1. The Morgan fingerprint density at radius 1 is 1.18 bits per heavy atom.